The van der Waals surface area contributed by atoms with Crippen LogP contribution in [0.2, 0.25) is 0 Å². The maximum absolute atomic E-state index is 2.49. The van der Waals surface area contributed by atoms with Crippen LogP contribution < -0.4 is 0 Å². The molecule has 6 rings (SSSR count). The van der Waals surface area contributed by atoms with Crippen molar-refractivity contribution < 1.29 is 0 Å². The molecule has 4 aliphatic rings. The minimum absolute atomic E-state index is 0.830. The molecule has 0 radical (unpaired) electrons. The smallest absolute Gasteiger partial charge is 0.0623 e. The predicted molar refractivity (Wildman–Crippen MR) is 159 cm³/mol. The first kappa shape index (κ1) is 28.7. The summed E-state index contributed by atoms with van der Waals surface area (Å²) < 4.78 is 0. The van der Waals surface area contributed by atoms with Gasteiger partial charge in [-0.05, 0) is 49.0 Å². The van der Waals surface area contributed by atoms with E-state index in [4.69, 9.17) is 0 Å². The first-order valence-electron chi connectivity index (χ1n) is 15.6. The van der Waals surface area contributed by atoms with Gasteiger partial charge >= 0.3 is 0 Å². The molecule has 2 aromatic carbocycles. The quantitative estimate of drug-likeness (QED) is 0.370. The van der Waals surface area contributed by atoms with Crippen molar-refractivity contribution in [2.24, 2.45) is 11.8 Å². The van der Waals surface area contributed by atoms with Gasteiger partial charge in [-0.2, -0.15) is 0 Å². The lowest BCUT2D eigenvalue weighted by Gasteiger charge is -2.30. The maximum Gasteiger partial charge on any atom is 0.0881 e. The van der Waals surface area contributed by atoms with Gasteiger partial charge in [-0.25, -0.2) is 0 Å². The van der Waals surface area contributed by atoms with Crippen molar-refractivity contribution in [3.05, 3.63) is 85.1 Å². The second-order valence-electron chi connectivity index (χ2n) is 11.4. The van der Waals surface area contributed by atoms with Gasteiger partial charge in [0.05, 0.1) is 38.5 Å². The molecule has 36 heavy (non-hydrogen) atoms. The van der Waals surface area contributed by atoms with Crippen molar-refractivity contribution in [1.82, 2.24) is 0 Å². The van der Waals surface area contributed by atoms with Crippen molar-refractivity contribution in [3.8, 4) is 0 Å². The molecule has 0 saturated heterocycles. The lowest BCUT2D eigenvalue weighted by atomic mass is 9.73. The summed E-state index contributed by atoms with van der Waals surface area (Å²) in [5.41, 5.74) is 1.53. The Morgan fingerprint density at radius 1 is 0.389 bits per heavy atom. The van der Waals surface area contributed by atoms with E-state index in [0.717, 1.165) is 17.8 Å². The van der Waals surface area contributed by atoms with Crippen molar-refractivity contribution in [3.63, 3.8) is 0 Å². The fraction of sp³-hybridized carbons (Fsp3) is 0.611. The van der Waals surface area contributed by atoms with E-state index >= 15 is 0 Å². The minimum Gasteiger partial charge on any atom is -0.0623 e. The maximum atomic E-state index is 2.49. The second-order valence-corrected chi connectivity index (χ2v) is 11.4. The average Bonchev–Trinajstić information content (AvgIpc) is 3.02. The summed E-state index contributed by atoms with van der Waals surface area (Å²) in [6, 6.07) is 22.9. The molecule has 0 bridgehead atoms. The van der Waals surface area contributed by atoms with Crippen LogP contribution in [0.25, 0.3) is 0 Å². The highest BCUT2D eigenvalue weighted by Crippen LogP contribution is 2.37. The molecule has 0 spiro atoms. The average molecular weight is 487 g/mol. The van der Waals surface area contributed by atoms with E-state index in [1.165, 1.54) is 115 Å². The van der Waals surface area contributed by atoms with Crippen molar-refractivity contribution >= 4 is 0 Å². The third-order valence-corrected chi connectivity index (χ3v) is 8.68. The summed E-state index contributed by atoms with van der Waals surface area (Å²) in [6.45, 7) is 0. The molecular weight excluding hydrogens is 432 g/mol. The largest absolute Gasteiger partial charge is 0.0881 e. The van der Waals surface area contributed by atoms with Gasteiger partial charge in [0, 0.05) is 0 Å². The van der Waals surface area contributed by atoms with Gasteiger partial charge in [0.2, 0.25) is 0 Å². The number of rotatable bonds is 2. The molecule has 4 aliphatic carbocycles. The van der Waals surface area contributed by atoms with Crippen LogP contribution in [0, 0.1) is 24.7 Å². The summed E-state index contributed by atoms with van der Waals surface area (Å²) in [4.78, 5) is 0. The van der Waals surface area contributed by atoms with Gasteiger partial charge in [0.1, 0.15) is 0 Å². The van der Waals surface area contributed by atoms with Crippen molar-refractivity contribution in [2.45, 2.75) is 128 Å². The molecule has 4 saturated carbocycles. The van der Waals surface area contributed by atoms with E-state index in [1.807, 2.05) is 36.4 Å². The van der Waals surface area contributed by atoms with Crippen LogP contribution in [0.15, 0.2) is 66.7 Å². The van der Waals surface area contributed by atoms with Crippen LogP contribution in [0.1, 0.15) is 133 Å². The first-order chi connectivity index (χ1) is 17.9. The summed E-state index contributed by atoms with van der Waals surface area (Å²) in [6.07, 6.45) is 32.7. The highest BCUT2D eigenvalue weighted by atomic mass is 14.3. The van der Waals surface area contributed by atoms with Crippen LogP contribution in [0.5, 0.6) is 0 Å². The molecule has 0 unspecified atom stereocenters. The topological polar surface area (TPSA) is 0 Å². The number of benzene rings is 2. The molecule has 0 heterocycles. The van der Waals surface area contributed by atoms with Gasteiger partial charge in [-0.15, -0.1) is 0 Å². The standard InChI is InChI=1S/C12H21.C12H15.C6H12.C6H6/c2*1-3-7-11(8-4-1)12-9-5-2-6-10-12;2*1-2-4-6-5-3-1/h1,11-12H,2-10H2;1-4,7-8,12H,5-6,9-10H2;1-6H2;1-6H/q2*+1;;. The van der Waals surface area contributed by atoms with E-state index < -0.39 is 0 Å². The van der Waals surface area contributed by atoms with Crippen LogP contribution in [0.3, 0.4) is 0 Å². The van der Waals surface area contributed by atoms with Crippen LogP contribution >= 0.6 is 0 Å². The Balaban J connectivity index is 0.000000141. The zero-order chi connectivity index (χ0) is 24.9. The van der Waals surface area contributed by atoms with Gasteiger partial charge in [0.15, 0.2) is 0 Å². The Bertz CT molecular complexity index is 644. The van der Waals surface area contributed by atoms with E-state index in [9.17, 15) is 0 Å². The highest BCUT2D eigenvalue weighted by molar-refractivity contribution is 5.20. The Kier molecular flexibility index (Phi) is 15.4. The van der Waals surface area contributed by atoms with Crippen LogP contribution in [0.4, 0.5) is 0 Å². The Morgan fingerprint density at radius 2 is 0.750 bits per heavy atom. The van der Waals surface area contributed by atoms with E-state index in [1.54, 1.807) is 12.8 Å². The lowest BCUT2D eigenvalue weighted by molar-refractivity contribution is 0.210. The predicted octanol–water partition coefficient (Wildman–Crippen LogP) is 11.5. The molecule has 0 aromatic heterocycles. The summed E-state index contributed by atoms with van der Waals surface area (Å²) in [5, 5.41) is 0. The normalized spacial score (nSPS) is 21.0. The zero-order valence-corrected chi connectivity index (χ0v) is 23.2. The number of hydrogen-bond acceptors (Lipinski definition) is 0. The highest BCUT2D eigenvalue weighted by Gasteiger charge is 2.27. The molecule has 4 fully saturated rings. The van der Waals surface area contributed by atoms with E-state index in [0.29, 0.717) is 0 Å². The molecule has 0 heteroatoms. The molecule has 0 amide bonds. The van der Waals surface area contributed by atoms with Crippen LogP contribution in [-0.2, 0) is 0 Å². The molecule has 2 aromatic rings. The monoisotopic (exact) mass is 486 g/mol. The van der Waals surface area contributed by atoms with Gasteiger partial charge in [0.25, 0.3) is 0 Å². The van der Waals surface area contributed by atoms with E-state index in [-0.39, 0.29) is 0 Å². The zero-order valence-electron chi connectivity index (χ0n) is 23.2. The van der Waals surface area contributed by atoms with Gasteiger partial charge in [-0.3, -0.25) is 0 Å². The fourth-order valence-electron chi connectivity index (χ4n) is 6.46. The van der Waals surface area contributed by atoms with Gasteiger partial charge in [-0.1, -0.05) is 137 Å². The molecule has 196 valence electrons. The van der Waals surface area contributed by atoms with Crippen LogP contribution in [-0.4, -0.2) is 0 Å². The Hall–Kier alpha value is -1.82. The third kappa shape index (κ3) is 12.4. The summed E-state index contributed by atoms with van der Waals surface area (Å²) in [5.74, 6) is 3.05. The third-order valence-electron chi connectivity index (χ3n) is 8.68. The van der Waals surface area contributed by atoms with Gasteiger partial charge < -0.3 is 0 Å². The Morgan fingerprint density at radius 3 is 1.22 bits per heavy atom. The molecule has 0 N–H and O–H groups in total. The van der Waals surface area contributed by atoms with Crippen molar-refractivity contribution in [2.75, 3.05) is 0 Å². The van der Waals surface area contributed by atoms with Crippen molar-refractivity contribution in [1.29, 1.82) is 0 Å². The Labute approximate surface area is 224 Å². The SMILES string of the molecule is C1CCCCC1.[CH+]1CCC(C2CCCCC2)CC1.c1ccc(C2CC[CH+]CC2)cc1.c1ccccc1. The molecule has 0 nitrogen and oxygen atoms in total. The second kappa shape index (κ2) is 19.3. The molecule has 0 aliphatic heterocycles. The first-order valence-corrected chi connectivity index (χ1v) is 15.6. The molecule has 0 atom stereocenters. The summed E-state index contributed by atoms with van der Waals surface area (Å²) in [7, 11) is 0. The number of hydrogen-bond donors (Lipinski definition) is 0. The molecular formula is C36H54+2. The van der Waals surface area contributed by atoms with E-state index in [2.05, 4.69) is 43.2 Å². The fourth-order valence-corrected chi connectivity index (χ4v) is 6.46. The minimum atomic E-state index is 0.830. The summed E-state index contributed by atoms with van der Waals surface area (Å²) >= 11 is 0. The lowest BCUT2D eigenvalue weighted by Crippen LogP contribution is -2.20.